The molecule has 0 fully saturated rings. The Morgan fingerprint density at radius 3 is 2.42 bits per heavy atom. The van der Waals surface area contributed by atoms with Crippen molar-refractivity contribution in [1.29, 1.82) is 0 Å². The fourth-order valence-electron chi connectivity index (χ4n) is 2.28. The number of aliphatic hydroxyl groups excluding tert-OH is 1. The first-order valence-electron chi connectivity index (χ1n) is 6.55. The molecule has 106 valence electrons. The van der Waals surface area contributed by atoms with Crippen molar-refractivity contribution < 1.29 is 15.0 Å². The number of aromatic carboxylic acids is 1. The number of aliphatic hydroxyl groups is 1. The summed E-state index contributed by atoms with van der Waals surface area (Å²) in [5.74, 6) is -1.03. The van der Waals surface area contributed by atoms with Gasteiger partial charge in [0.25, 0.3) is 0 Å². The summed E-state index contributed by atoms with van der Waals surface area (Å²) >= 11 is 0. The fourth-order valence-corrected chi connectivity index (χ4v) is 2.28. The Kier molecular flexibility index (Phi) is 5.63. The number of nitrogens with two attached hydrogens (primary N) is 1. The number of benzene rings is 1. The quantitative estimate of drug-likeness (QED) is 0.657. The molecule has 1 rings (SSSR count). The van der Waals surface area contributed by atoms with Gasteiger partial charge in [0.2, 0.25) is 0 Å². The summed E-state index contributed by atoms with van der Waals surface area (Å²) in [7, 11) is 0. The summed E-state index contributed by atoms with van der Waals surface area (Å²) in [6.45, 7) is 4.75. The number of carboxylic acid groups (broad SMARTS) is 1. The van der Waals surface area contributed by atoms with Crippen LogP contribution in [0.1, 0.15) is 37.0 Å². The number of nitrogens with zero attached hydrogens (tertiary/aromatic N) is 1. The van der Waals surface area contributed by atoms with Crippen LogP contribution in [0.5, 0.6) is 0 Å². The number of nitrogen functional groups attached to an aromatic ring is 1. The second-order valence-corrected chi connectivity index (χ2v) is 4.46. The summed E-state index contributed by atoms with van der Waals surface area (Å²) in [6.07, 6.45) is 1.91. The van der Waals surface area contributed by atoms with Crippen LogP contribution >= 0.6 is 0 Å². The lowest BCUT2D eigenvalue weighted by molar-refractivity contribution is 0.0698. The number of carbonyl (C=O) groups is 1. The molecule has 0 aliphatic heterocycles. The van der Waals surface area contributed by atoms with E-state index >= 15 is 0 Å². The molecule has 1 aromatic carbocycles. The van der Waals surface area contributed by atoms with Crippen molar-refractivity contribution in [3.63, 3.8) is 0 Å². The van der Waals surface area contributed by atoms with Crippen LogP contribution in [0, 0.1) is 0 Å². The van der Waals surface area contributed by atoms with Crippen molar-refractivity contribution in [3.8, 4) is 0 Å². The van der Waals surface area contributed by atoms with Crippen LogP contribution in [0.2, 0.25) is 0 Å². The van der Waals surface area contributed by atoms with Gasteiger partial charge in [0, 0.05) is 24.0 Å². The van der Waals surface area contributed by atoms with Gasteiger partial charge in [0.15, 0.2) is 0 Å². The molecule has 5 heteroatoms. The standard InChI is InChI=1S/C14H22N2O3/c1-3-10(4-2)16(7-8-17)11-5-6-12(14(18)19)13(15)9-11/h5-6,9-10,17H,3-4,7-8,15H2,1-2H3,(H,18,19). The van der Waals surface area contributed by atoms with Crippen LogP contribution in [-0.4, -0.2) is 35.4 Å². The molecule has 0 aliphatic carbocycles. The Balaban J connectivity index is 3.09. The van der Waals surface area contributed by atoms with Gasteiger partial charge in [-0.15, -0.1) is 0 Å². The molecular weight excluding hydrogens is 244 g/mol. The Labute approximate surface area is 113 Å². The molecule has 0 bridgehead atoms. The molecule has 0 radical (unpaired) electrons. The van der Waals surface area contributed by atoms with E-state index in [1.54, 1.807) is 12.1 Å². The van der Waals surface area contributed by atoms with Gasteiger partial charge < -0.3 is 20.8 Å². The molecule has 0 aliphatic rings. The van der Waals surface area contributed by atoms with Crippen molar-refractivity contribution in [2.45, 2.75) is 32.7 Å². The van der Waals surface area contributed by atoms with Crippen LogP contribution in [0.3, 0.4) is 0 Å². The molecule has 5 nitrogen and oxygen atoms in total. The van der Waals surface area contributed by atoms with E-state index in [4.69, 9.17) is 10.8 Å². The molecule has 0 saturated heterocycles. The molecule has 0 atom stereocenters. The van der Waals surface area contributed by atoms with Gasteiger partial charge in [-0.05, 0) is 31.0 Å². The first-order valence-corrected chi connectivity index (χ1v) is 6.55. The summed E-state index contributed by atoms with van der Waals surface area (Å²) in [5, 5.41) is 18.1. The van der Waals surface area contributed by atoms with E-state index in [2.05, 4.69) is 18.7 Å². The highest BCUT2D eigenvalue weighted by molar-refractivity contribution is 5.94. The largest absolute Gasteiger partial charge is 0.478 e. The minimum absolute atomic E-state index is 0.0527. The minimum atomic E-state index is -1.03. The van der Waals surface area contributed by atoms with Gasteiger partial charge >= 0.3 is 5.97 Å². The summed E-state index contributed by atoms with van der Waals surface area (Å²) in [6, 6.07) is 5.23. The van der Waals surface area contributed by atoms with Crippen molar-refractivity contribution in [2.24, 2.45) is 0 Å². The zero-order chi connectivity index (χ0) is 14.4. The van der Waals surface area contributed by atoms with Gasteiger partial charge in [0.05, 0.1) is 12.2 Å². The number of carboxylic acids is 1. The predicted molar refractivity (Wildman–Crippen MR) is 76.6 cm³/mol. The van der Waals surface area contributed by atoms with E-state index < -0.39 is 5.97 Å². The Morgan fingerprint density at radius 1 is 1.37 bits per heavy atom. The Bertz CT molecular complexity index is 431. The van der Waals surface area contributed by atoms with E-state index in [-0.39, 0.29) is 17.9 Å². The van der Waals surface area contributed by atoms with E-state index in [0.717, 1.165) is 18.5 Å². The smallest absolute Gasteiger partial charge is 0.337 e. The maximum absolute atomic E-state index is 10.9. The van der Waals surface area contributed by atoms with Gasteiger partial charge in [-0.2, -0.15) is 0 Å². The average Bonchev–Trinajstić information content (AvgIpc) is 2.38. The highest BCUT2D eigenvalue weighted by atomic mass is 16.4. The van der Waals surface area contributed by atoms with E-state index in [0.29, 0.717) is 12.6 Å². The monoisotopic (exact) mass is 266 g/mol. The average molecular weight is 266 g/mol. The first-order chi connectivity index (χ1) is 9.04. The lowest BCUT2D eigenvalue weighted by Crippen LogP contribution is -2.36. The van der Waals surface area contributed by atoms with E-state index in [1.807, 2.05) is 0 Å². The Hall–Kier alpha value is -1.75. The van der Waals surface area contributed by atoms with Gasteiger partial charge in [-0.3, -0.25) is 0 Å². The van der Waals surface area contributed by atoms with E-state index in [9.17, 15) is 9.90 Å². The van der Waals surface area contributed by atoms with Crippen LogP contribution in [0.4, 0.5) is 11.4 Å². The number of rotatable bonds is 7. The normalized spacial score (nSPS) is 10.7. The van der Waals surface area contributed by atoms with Gasteiger partial charge in [-0.1, -0.05) is 13.8 Å². The highest BCUT2D eigenvalue weighted by Crippen LogP contribution is 2.25. The van der Waals surface area contributed by atoms with Crippen LogP contribution in [0.25, 0.3) is 0 Å². The predicted octanol–water partition coefficient (Wildman–Crippen LogP) is 1.95. The fraction of sp³-hybridized carbons (Fsp3) is 0.500. The second-order valence-electron chi connectivity index (χ2n) is 4.46. The van der Waals surface area contributed by atoms with Crippen molar-refractivity contribution in [2.75, 3.05) is 23.8 Å². The Morgan fingerprint density at radius 2 is 2.00 bits per heavy atom. The SMILES string of the molecule is CCC(CC)N(CCO)c1ccc(C(=O)O)c(N)c1. The summed E-state index contributed by atoms with van der Waals surface area (Å²) < 4.78 is 0. The third-order valence-electron chi connectivity index (χ3n) is 3.32. The molecule has 0 unspecified atom stereocenters. The third kappa shape index (κ3) is 3.61. The molecule has 0 spiro atoms. The lowest BCUT2D eigenvalue weighted by Gasteiger charge is -2.32. The van der Waals surface area contributed by atoms with Crippen LogP contribution < -0.4 is 10.6 Å². The molecule has 1 aromatic rings. The third-order valence-corrected chi connectivity index (χ3v) is 3.32. The van der Waals surface area contributed by atoms with Gasteiger partial charge in [0.1, 0.15) is 0 Å². The number of anilines is 2. The summed E-state index contributed by atoms with van der Waals surface area (Å²) in [4.78, 5) is 13.0. The molecule has 0 amide bonds. The maximum Gasteiger partial charge on any atom is 0.337 e. The van der Waals surface area contributed by atoms with Crippen LogP contribution in [0.15, 0.2) is 18.2 Å². The lowest BCUT2D eigenvalue weighted by atomic mass is 10.1. The second kappa shape index (κ2) is 6.99. The summed E-state index contributed by atoms with van der Waals surface area (Å²) in [5.41, 5.74) is 6.98. The molecular formula is C14H22N2O3. The molecule has 4 N–H and O–H groups in total. The molecule has 0 saturated carbocycles. The zero-order valence-corrected chi connectivity index (χ0v) is 11.5. The van der Waals surface area contributed by atoms with Crippen LogP contribution in [-0.2, 0) is 0 Å². The zero-order valence-electron chi connectivity index (χ0n) is 11.5. The number of hydrogen-bond acceptors (Lipinski definition) is 4. The molecule has 19 heavy (non-hydrogen) atoms. The highest BCUT2D eigenvalue weighted by Gasteiger charge is 2.17. The maximum atomic E-state index is 10.9. The molecule has 0 aromatic heterocycles. The van der Waals surface area contributed by atoms with E-state index in [1.165, 1.54) is 6.07 Å². The first kappa shape index (κ1) is 15.3. The number of hydrogen-bond donors (Lipinski definition) is 3. The van der Waals surface area contributed by atoms with Crippen molar-refractivity contribution in [3.05, 3.63) is 23.8 Å². The van der Waals surface area contributed by atoms with Crippen molar-refractivity contribution in [1.82, 2.24) is 0 Å². The van der Waals surface area contributed by atoms with Gasteiger partial charge in [-0.25, -0.2) is 4.79 Å². The molecule has 0 heterocycles. The minimum Gasteiger partial charge on any atom is -0.478 e. The topological polar surface area (TPSA) is 86.8 Å². The van der Waals surface area contributed by atoms with Crippen molar-refractivity contribution >= 4 is 17.3 Å².